The Labute approximate surface area is 154 Å². The summed E-state index contributed by atoms with van der Waals surface area (Å²) in [6, 6.07) is 8.54. The first-order valence-electron chi connectivity index (χ1n) is 9.58. The lowest BCUT2D eigenvalue weighted by Crippen LogP contribution is -2.53. The van der Waals surface area contributed by atoms with E-state index in [1.165, 1.54) is 6.42 Å². The van der Waals surface area contributed by atoms with Gasteiger partial charge in [0.25, 0.3) is 5.91 Å². The van der Waals surface area contributed by atoms with Crippen molar-refractivity contribution in [2.45, 2.75) is 58.0 Å². The van der Waals surface area contributed by atoms with E-state index in [9.17, 15) is 4.79 Å². The Morgan fingerprint density at radius 2 is 1.96 bits per heavy atom. The average molecular weight is 353 g/mol. The van der Waals surface area contributed by atoms with E-state index in [1.54, 1.807) is 4.68 Å². The summed E-state index contributed by atoms with van der Waals surface area (Å²) in [5.74, 6) is 0.876. The largest absolute Gasteiger partial charge is 0.347 e. The standard InChI is InChI=1S/C20H27N5O/c1-12-5-3-8-17(9-12)25-13(2)18(23-24-25)20(26)22-19-14-6-4-7-15(19)11-16(21)10-14/h3,5,8-9,14-16,19H,4,6-7,10-11,21H2,1-2H3,(H,22,26). The molecule has 6 nitrogen and oxygen atoms in total. The second-order valence-electron chi connectivity index (χ2n) is 7.96. The van der Waals surface area contributed by atoms with Crippen molar-refractivity contribution in [2.24, 2.45) is 17.6 Å². The molecular weight excluding hydrogens is 326 g/mol. The molecule has 0 radical (unpaired) electrons. The minimum atomic E-state index is -0.112. The van der Waals surface area contributed by atoms with Crippen LogP contribution in [0.1, 0.15) is 53.8 Å². The van der Waals surface area contributed by atoms with E-state index in [0.717, 1.165) is 42.6 Å². The molecule has 1 aromatic heterocycles. The average Bonchev–Trinajstić information content (AvgIpc) is 2.97. The summed E-state index contributed by atoms with van der Waals surface area (Å²) in [6.07, 6.45) is 5.58. The van der Waals surface area contributed by atoms with Crippen molar-refractivity contribution >= 4 is 5.91 Å². The predicted molar refractivity (Wildman–Crippen MR) is 100 cm³/mol. The molecule has 0 aliphatic heterocycles. The molecule has 2 unspecified atom stereocenters. The van der Waals surface area contributed by atoms with Crippen LogP contribution < -0.4 is 11.1 Å². The van der Waals surface area contributed by atoms with Crippen LogP contribution in [0.5, 0.6) is 0 Å². The van der Waals surface area contributed by atoms with Gasteiger partial charge in [-0.1, -0.05) is 23.8 Å². The highest BCUT2D eigenvalue weighted by Crippen LogP contribution is 2.39. The molecule has 2 aliphatic carbocycles. The summed E-state index contributed by atoms with van der Waals surface area (Å²) >= 11 is 0. The zero-order valence-electron chi connectivity index (χ0n) is 15.5. The van der Waals surface area contributed by atoms with E-state index in [-0.39, 0.29) is 18.0 Å². The van der Waals surface area contributed by atoms with Crippen LogP contribution in [0.25, 0.3) is 5.69 Å². The number of carbonyl (C=O) groups is 1. The second kappa shape index (κ2) is 6.83. The molecule has 2 aromatic rings. The van der Waals surface area contributed by atoms with Crippen molar-refractivity contribution in [1.29, 1.82) is 0 Å². The molecular formula is C20H27N5O. The lowest BCUT2D eigenvalue weighted by Gasteiger charge is -2.45. The molecule has 138 valence electrons. The molecule has 0 spiro atoms. The number of amides is 1. The van der Waals surface area contributed by atoms with Crippen molar-refractivity contribution in [3.8, 4) is 5.69 Å². The second-order valence-corrected chi connectivity index (χ2v) is 7.96. The number of hydrogen-bond acceptors (Lipinski definition) is 4. The van der Waals surface area contributed by atoms with Crippen LogP contribution >= 0.6 is 0 Å². The zero-order chi connectivity index (χ0) is 18.3. The molecule has 1 aromatic carbocycles. The summed E-state index contributed by atoms with van der Waals surface area (Å²) in [6.45, 7) is 3.94. The van der Waals surface area contributed by atoms with Gasteiger partial charge in [0.05, 0.1) is 11.4 Å². The number of benzene rings is 1. The van der Waals surface area contributed by atoms with Gasteiger partial charge in [0.1, 0.15) is 0 Å². The van der Waals surface area contributed by atoms with Gasteiger partial charge >= 0.3 is 0 Å². The molecule has 2 saturated carbocycles. The van der Waals surface area contributed by atoms with Gasteiger partial charge < -0.3 is 11.1 Å². The third-order valence-electron chi connectivity index (χ3n) is 6.03. The van der Waals surface area contributed by atoms with Crippen molar-refractivity contribution in [3.05, 3.63) is 41.2 Å². The number of aryl methyl sites for hydroxylation is 1. The third-order valence-corrected chi connectivity index (χ3v) is 6.03. The summed E-state index contributed by atoms with van der Waals surface area (Å²) in [4.78, 5) is 12.9. The highest BCUT2D eigenvalue weighted by Gasteiger charge is 2.40. The molecule has 2 aliphatic rings. The highest BCUT2D eigenvalue weighted by molar-refractivity contribution is 5.93. The maximum absolute atomic E-state index is 12.9. The van der Waals surface area contributed by atoms with E-state index >= 15 is 0 Å². The molecule has 6 heteroatoms. The first-order valence-corrected chi connectivity index (χ1v) is 9.58. The molecule has 1 heterocycles. The van der Waals surface area contributed by atoms with E-state index in [2.05, 4.69) is 15.6 Å². The van der Waals surface area contributed by atoms with Gasteiger partial charge in [-0.05, 0) is 69.1 Å². The van der Waals surface area contributed by atoms with Crippen molar-refractivity contribution in [3.63, 3.8) is 0 Å². The third kappa shape index (κ3) is 3.14. The first kappa shape index (κ1) is 17.2. The Morgan fingerprint density at radius 1 is 1.23 bits per heavy atom. The summed E-state index contributed by atoms with van der Waals surface area (Å²) in [5.41, 5.74) is 9.45. The SMILES string of the molecule is Cc1cccc(-n2nnc(C(=O)NC3C4CCCC3CC(N)C4)c2C)c1. The lowest BCUT2D eigenvalue weighted by molar-refractivity contribution is 0.0751. The number of rotatable bonds is 3. The van der Waals surface area contributed by atoms with Gasteiger partial charge in [-0.25, -0.2) is 4.68 Å². The molecule has 3 N–H and O–H groups in total. The van der Waals surface area contributed by atoms with Gasteiger partial charge in [0.15, 0.2) is 5.69 Å². The molecule has 2 bridgehead atoms. The van der Waals surface area contributed by atoms with E-state index in [0.29, 0.717) is 17.5 Å². The normalized spacial score (nSPS) is 28.0. The van der Waals surface area contributed by atoms with E-state index in [4.69, 9.17) is 5.73 Å². The van der Waals surface area contributed by atoms with Crippen LogP contribution in [0, 0.1) is 25.7 Å². The maximum Gasteiger partial charge on any atom is 0.274 e. The molecule has 2 atom stereocenters. The van der Waals surface area contributed by atoms with Gasteiger partial charge in [0, 0.05) is 12.1 Å². The monoisotopic (exact) mass is 353 g/mol. The smallest absolute Gasteiger partial charge is 0.274 e. The van der Waals surface area contributed by atoms with Gasteiger partial charge in [-0.3, -0.25) is 4.79 Å². The number of nitrogens with one attached hydrogen (secondary N) is 1. The number of hydrogen-bond donors (Lipinski definition) is 2. The molecule has 2 fully saturated rings. The molecule has 0 saturated heterocycles. The fourth-order valence-electron chi connectivity index (χ4n) is 4.79. The van der Waals surface area contributed by atoms with Gasteiger partial charge in [-0.15, -0.1) is 5.10 Å². The molecule has 26 heavy (non-hydrogen) atoms. The van der Waals surface area contributed by atoms with Gasteiger partial charge in [-0.2, -0.15) is 0 Å². The van der Waals surface area contributed by atoms with Crippen LogP contribution in [-0.4, -0.2) is 33.0 Å². The Balaban J connectivity index is 1.54. The Kier molecular flexibility index (Phi) is 4.53. The fourth-order valence-corrected chi connectivity index (χ4v) is 4.79. The number of carbonyl (C=O) groups excluding carboxylic acids is 1. The number of fused-ring (bicyclic) bond motifs is 2. The quantitative estimate of drug-likeness (QED) is 0.888. The Hall–Kier alpha value is -2.21. The predicted octanol–water partition coefficient (Wildman–Crippen LogP) is 2.52. The van der Waals surface area contributed by atoms with Crippen LogP contribution in [0.4, 0.5) is 0 Å². The Bertz CT molecular complexity index is 800. The Morgan fingerprint density at radius 3 is 2.65 bits per heavy atom. The first-order chi connectivity index (χ1) is 12.5. The highest BCUT2D eigenvalue weighted by atomic mass is 16.2. The van der Waals surface area contributed by atoms with E-state index < -0.39 is 0 Å². The number of aromatic nitrogens is 3. The molecule has 1 amide bonds. The summed E-state index contributed by atoms with van der Waals surface area (Å²) < 4.78 is 1.74. The number of nitrogens with zero attached hydrogens (tertiary/aromatic N) is 3. The van der Waals surface area contributed by atoms with E-state index in [1.807, 2.05) is 38.1 Å². The number of nitrogens with two attached hydrogens (primary N) is 1. The van der Waals surface area contributed by atoms with Crippen molar-refractivity contribution in [2.75, 3.05) is 0 Å². The van der Waals surface area contributed by atoms with Gasteiger partial charge in [0.2, 0.25) is 0 Å². The topological polar surface area (TPSA) is 85.8 Å². The lowest BCUT2D eigenvalue weighted by atomic mass is 9.67. The fraction of sp³-hybridized carbons (Fsp3) is 0.550. The van der Waals surface area contributed by atoms with Crippen LogP contribution in [0.15, 0.2) is 24.3 Å². The van der Waals surface area contributed by atoms with Crippen LogP contribution in [0.2, 0.25) is 0 Å². The minimum absolute atomic E-state index is 0.112. The zero-order valence-corrected chi connectivity index (χ0v) is 15.5. The molecule has 4 rings (SSSR count). The van der Waals surface area contributed by atoms with Crippen molar-refractivity contribution in [1.82, 2.24) is 20.3 Å². The summed E-state index contributed by atoms with van der Waals surface area (Å²) in [7, 11) is 0. The maximum atomic E-state index is 12.9. The minimum Gasteiger partial charge on any atom is -0.347 e. The summed E-state index contributed by atoms with van der Waals surface area (Å²) in [5, 5.41) is 11.6. The van der Waals surface area contributed by atoms with Crippen LogP contribution in [0.3, 0.4) is 0 Å². The van der Waals surface area contributed by atoms with Crippen molar-refractivity contribution < 1.29 is 4.79 Å². The van der Waals surface area contributed by atoms with Crippen LogP contribution in [-0.2, 0) is 0 Å².